The molecule has 0 saturated carbocycles. The van der Waals surface area contributed by atoms with Crippen LogP contribution in [0.1, 0.15) is 44.0 Å². The third kappa shape index (κ3) is 3.47. The van der Waals surface area contributed by atoms with Gasteiger partial charge >= 0.3 is 0 Å². The van der Waals surface area contributed by atoms with Crippen LogP contribution in [-0.2, 0) is 6.54 Å². The molecule has 0 bridgehead atoms. The first-order valence-electron chi connectivity index (χ1n) is 8.40. The molecule has 0 radical (unpaired) electrons. The first kappa shape index (κ1) is 16.2. The second-order valence-electron chi connectivity index (χ2n) is 6.77. The van der Waals surface area contributed by atoms with E-state index in [2.05, 4.69) is 23.3 Å². The van der Waals surface area contributed by atoms with Crippen molar-refractivity contribution >= 4 is 0 Å². The van der Waals surface area contributed by atoms with Crippen molar-refractivity contribution in [2.24, 2.45) is 5.92 Å². The Hall–Kier alpha value is -1.68. The van der Waals surface area contributed by atoms with E-state index >= 15 is 0 Å². The van der Waals surface area contributed by atoms with Crippen molar-refractivity contribution in [1.82, 2.24) is 9.47 Å². The standard InChI is InChI=1S/C19H24F2N2/c1-14(2)8-12-23-11-4-10-22-9-3-5-18(22)19(23)16-13-15(20)6-7-17(16)21/h3,5-7,9,13-14,19H,4,8,10-12H2,1-2H3. The Labute approximate surface area is 136 Å². The van der Waals surface area contributed by atoms with Crippen molar-refractivity contribution in [2.45, 2.75) is 39.3 Å². The highest BCUT2D eigenvalue weighted by Gasteiger charge is 2.29. The lowest BCUT2D eigenvalue weighted by Crippen LogP contribution is -2.32. The zero-order valence-electron chi connectivity index (χ0n) is 13.8. The molecule has 0 spiro atoms. The van der Waals surface area contributed by atoms with E-state index < -0.39 is 0 Å². The lowest BCUT2D eigenvalue weighted by molar-refractivity contribution is 0.212. The molecule has 0 amide bonds. The van der Waals surface area contributed by atoms with E-state index in [0.717, 1.165) is 38.2 Å². The van der Waals surface area contributed by atoms with Crippen molar-refractivity contribution in [2.75, 3.05) is 13.1 Å². The fourth-order valence-corrected chi connectivity index (χ4v) is 3.38. The topological polar surface area (TPSA) is 8.17 Å². The lowest BCUT2D eigenvalue weighted by atomic mass is 10.00. The van der Waals surface area contributed by atoms with Crippen LogP contribution in [-0.4, -0.2) is 22.6 Å². The van der Waals surface area contributed by atoms with Crippen LogP contribution in [0, 0.1) is 17.6 Å². The van der Waals surface area contributed by atoms with Gasteiger partial charge in [-0.2, -0.15) is 0 Å². The molecule has 1 aliphatic rings. The van der Waals surface area contributed by atoms with Gasteiger partial charge < -0.3 is 4.57 Å². The van der Waals surface area contributed by atoms with E-state index in [4.69, 9.17) is 0 Å². The summed E-state index contributed by atoms with van der Waals surface area (Å²) in [4.78, 5) is 2.30. The Kier molecular flexibility index (Phi) is 4.81. The quantitative estimate of drug-likeness (QED) is 0.799. The number of nitrogens with zero attached hydrogens (tertiary/aromatic N) is 2. The summed E-state index contributed by atoms with van der Waals surface area (Å²) >= 11 is 0. The number of hydrogen-bond donors (Lipinski definition) is 0. The Morgan fingerprint density at radius 1 is 1.17 bits per heavy atom. The van der Waals surface area contributed by atoms with Gasteiger partial charge in [-0.25, -0.2) is 8.78 Å². The molecule has 4 heteroatoms. The van der Waals surface area contributed by atoms with Crippen LogP contribution >= 0.6 is 0 Å². The predicted molar refractivity (Wildman–Crippen MR) is 88.3 cm³/mol. The summed E-state index contributed by atoms with van der Waals surface area (Å²) in [6, 6.07) is 7.58. The zero-order valence-corrected chi connectivity index (χ0v) is 13.8. The van der Waals surface area contributed by atoms with E-state index in [0.29, 0.717) is 11.5 Å². The molecule has 23 heavy (non-hydrogen) atoms. The summed E-state index contributed by atoms with van der Waals surface area (Å²) in [7, 11) is 0. The number of aromatic nitrogens is 1. The van der Waals surface area contributed by atoms with Crippen molar-refractivity contribution in [3.05, 3.63) is 59.4 Å². The molecule has 3 rings (SSSR count). The maximum Gasteiger partial charge on any atom is 0.128 e. The van der Waals surface area contributed by atoms with Gasteiger partial charge in [0.25, 0.3) is 0 Å². The summed E-state index contributed by atoms with van der Waals surface area (Å²) in [5.74, 6) is -0.129. The fourth-order valence-electron chi connectivity index (χ4n) is 3.38. The molecule has 0 aliphatic carbocycles. The Morgan fingerprint density at radius 2 is 2.00 bits per heavy atom. The second kappa shape index (κ2) is 6.83. The van der Waals surface area contributed by atoms with Crippen LogP contribution in [0.5, 0.6) is 0 Å². The average Bonchev–Trinajstić information content (AvgIpc) is 2.89. The smallest absolute Gasteiger partial charge is 0.128 e. The molecule has 1 unspecified atom stereocenters. The molecular formula is C19H24F2N2. The molecule has 1 aliphatic heterocycles. The third-order valence-corrected chi connectivity index (χ3v) is 4.60. The van der Waals surface area contributed by atoms with Gasteiger partial charge in [0.15, 0.2) is 0 Å². The van der Waals surface area contributed by atoms with Gasteiger partial charge in [-0.3, -0.25) is 4.90 Å². The highest BCUT2D eigenvalue weighted by atomic mass is 19.1. The first-order valence-corrected chi connectivity index (χ1v) is 8.40. The number of fused-ring (bicyclic) bond motifs is 1. The van der Waals surface area contributed by atoms with Crippen LogP contribution in [0.4, 0.5) is 8.78 Å². The summed E-state index contributed by atoms with van der Waals surface area (Å²) in [5, 5.41) is 0. The van der Waals surface area contributed by atoms with Crippen molar-refractivity contribution in [3.8, 4) is 0 Å². The largest absolute Gasteiger partial charge is 0.350 e. The summed E-state index contributed by atoms with van der Waals surface area (Å²) in [6.07, 6.45) is 4.10. The van der Waals surface area contributed by atoms with Crippen LogP contribution in [0.3, 0.4) is 0 Å². The molecule has 0 N–H and O–H groups in total. The van der Waals surface area contributed by atoms with Crippen molar-refractivity contribution in [1.29, 1.82) is 0 Å². The van der Waals surface area contributed by atoms with Gasteiger partial charge in [0.1, 0.15) is 11.6 Å². The van der Waals surface area contributed by atoms with Crippen molar-refractivity contribution in [3.63, 3.8) is 0 Å². The van der Waals surface area contributed by atoms with Gasteiger partial charge in [-0.15, -0.1) is 0 Å². The summed E-state index contributed by atoms with van der Waals surface area (Å²) < 4.78 is 30.4. The van der Waals surface area contributed by atoms with Gasteiger partial charge in [-0.05, 0) is 55.6 Å². The van der Waals surface area contributed by atoms with E-state index in [-0.39, 0.29) is 17.7 Å². The summed E-state index contributed by atoms with van der Waals surface area (Å²) in [6.45, 7) is 7.10. The van der Waals surface area contributed by atoms with E-state index in [9.17, 15) is 8.78 Å². The fraction of sp³-hybridized carbons (Fsp3) is 0.474. The molecule has 2 aromatic rings. The molecule has 1 atom stereocenters. The number of rotatable bonds is 4. The zero-order chi connectivity index (χ0) is 16.4. The predicted octanol–water partition coefficient (Wildman–Crippen LogP) is 4.61. The Balaban J connectivity index is 2.03. The SMILES string of the molecule is CC(C)CCN1CCCn2cccc2C1c1cc(F)ccc1F. The van der Waals surface area contributed by atoms with E-state index in [1.807, 2.05) is 18.3 Å². The molecule has 2 nitrogen and oxygen atoms in total. The lowest BCUT2D eigenvalue weighted by Gasteiger charge is -2.31. The Morgan fingerprint density at radius 3 is 2.78 bits per heavy atom. The Bertz CT molecular complexity index is 663. The minimum absolute atomic E-state index is 0.220. The van der Waals surface area contributed by atoms with Gasteiger partial charge in [0, 0.05) is 30.5 Å². The number of aryl methyl sites for hydroxylation is 1. The highest BCUT2D eigenvalue weighted by Crippen LogP contribution is 2.34. The highest BCUT2D eigenvalue weighted by molar-refractivity contribution is 5.31. The summed E-state index contributed by atoms with van der Waals surface area (Å²) in [5.41, 5.74) is 1.49. The van der Waals surface area contributed by atoms with Crippen LogP contribution in [0.15, 0.2) is 36.5 Å². The minimum Gasteiger partial charge on any atom is -0.350 e. The van der Waals surface area contributed by atoms with Crippen molar-refractivity contribution < 1.29 is 8.78 Å². The molecule has 0 saturated heterocycles. The van der Waals surface area contributed by atoms with Gasteiger partial charge in [0.05, 0.1) is 6.04 Å². The minimum atomic E-state index is -0.382. The number of hydrogen-bond acceptors (Lipinski definition) is 1. The van der Waals surface area contributed by atoms with Gasteiger partial charge in [0.2, 0.25) is 0 Å². The molecule has 1 aromatic carbocycles. The second-order valence-corrected chi connectivity index (χ2v) is 6.77. The van der Waals surface area contributed by atoms with Gasteiger partial charge in [-0.1, -0.05) is 13.8 Å². The maximum absolute atomic E-state index is 14.5. The molecule has 124 valence electrons. The molecule has 2 heterocycles. The monoisotopic (exact) mass is 318 g/mol. The molecular weight excluding hydrogens is 294 g/mol. The van der Waals surface area contributed by atoms with Crippen LogP contribution < -0.4 is 0 Å². The number of benzene rings is 1. The average molecular weight is 318 g/mol. The first-order chi connectivity index (χ1) is 11.1. The molecule has 0 fully saturated rings. The normalized spacial score (nSPS) is 18.9. The van der Waals surface area contributed by atoms with E-state index in [1.54, 1.807) is 0 Å². The molecule has 1 aromatic heterocycles. The third-order valence-electron chi connectivity index (χ3n) is 4.60. The van der Waals surface area contributed by atoms with Crippen LogP contribution in [0.25, 0.3) is 0 Å². The maximum atomic E-state index is 14.5. The van der Waals surface area contributed by atoms with E-state index in [1.165, 1.54) is 18.2 Å². The van der Waals surface area contributed by atoms with Crippen LogP contribution in [0.2, 0.25) is 0 Å². The number of halogens is 2.